The van der Waals surface area contributed by atoms with Crippen molar-refractivity contribution in [3.05, 3.63) is 48.3 Å². The molecule has 1 aromatic carbocycles. The molecular weight excluding hydrogens is 267 g/mol. The summed E-state index contributed by atoms with van der Waals surface area (Å²) in [5.41, 5.74) is 0.388. The largest absolute Gasteiger partial charge is 0.465 e. The molecule has 2 aromatic rings. The third kappa shape index (κ3) is 3.57. The van der Waals surface area contributed by atoms with Gasteiger partial charge in [-0.2, -0.15) is 0 Å². The number of thioether (sulfide) groups is 1. The van der Waals surface area contributed by atoms with E-state index in [1.807, 2.05) is 10.8 Å². The van der Waals surface area contributed by atoms with Crippen LogP contribution in [0.15, 0.2) is 41.8 Å². The number of aryl methyl sites for hydroxylation is 1. The van der Waals surface area contributed by atoms with Crippen molar-refractivity contribution in [3.8, 4) is 0 Å². The van der Waals surface area contributed by atoms with E-state index in [2.05, 4.69) is 9.72 Å². The zero-order valence-electron chi connectivity index (χ0n) is 10.4. The molecule has 6 heteroatoms. The average molecular weight is 280 g/mol. The Morgan fingerprint density at radius 3 is 3.05 bits per heavy atom. The zero-order chi connectivity index (χ0) is 13.7. The van der Waals surface area contributed by atoms with E-state index >= 15 is 0 Å². The van der Waals surface area contributed by atoms with Gasteiger partial charge < -0.3 is 9.30 Å². The summed E-state index contributed by atoms with van der Waals surface area (Å²) >= 11 is 1.41. The molecule has 0 N–H and O–H groups in total. The SMILES string of the molecule is COC(=O)c1ccc(F)cc1SCCn1ccnc1. The first-order valence-corrected chi connectivity index (χ1v) is 6.65. The Hall–Kier alpha value is -1.82. The summed E-state index contributed by atoms with van der Waals surface area (Å²) < 4.78 is 19.8. The van der Waals surface area contributed by atoms with Crippen LogP contribution in [0.2, 0.25) is 0 Å². The number of ether oxygens (including phenoxy) is 1. The molecule has 0 radical (unpaired) electrons. The van der Waals surface area contributed by atoms with Gasteiger partial charge >= 0.3 is 5.97 Å². The van der Waals surface area contributed by atoms with E-state index in [0.717, 1.165) is 6.54 Å². The van der Waals surface area contributed by atoms with E-state index in [-0.39, 0.29) is 5.82 Å². The zero-order valence-corrected chi connectivity index (χ0v) is 11.2. The van der Waals surface area contributed by atoms with Crippen LogP contribution in [0.25, 0.3) is 0 Å². The van der Waals surface area contributed by atoms with Crippen molar-refractivity contribution in [1.82, 2.24) is 9.55 Å². The van der Waals surface area contributed by atoms with E-state index in [1.165, 1.54) is 37.1 Å². The number of methoxy groups -OCH3 is 1. The van der Waals surface area contributed by atoms with Crippen LogP contribution >= 0.6 is 11.8 Å². The van der Waals surface area contributed by atoms with Crippen LogP contribution in [0.5, 0.6) is 0 Å². The van der Waals surface area contributed by atoms with E-state index in [0.29, 0.717) is 16.2 Å². The quantitative estimate of drug-likeness (QED) is 0.624. The van der Waals surface area contributed by atoms with Crippen molar-refractivity contribution in [1.29, 1.82) is 0 Å². The highest BCUT2D eigenvalue weighted by Gasteiger charge is 2.12. The first-order valence-electron chi connectivity index (χ1n) is 5.67. The Balaban J connectivity index is 2.05. The van der Waals surface area contributed by atoms with Crippen LogP contribution in [0.1, 0.15) is 10.4 Å². The van der Waals surface area contributed by atoms with E-state index in [9.17, 15) is 9.18 Å². The van der Waals surface area contributed by atoms with E-state index in [4.69, 9.17) is 0 Å². The maximum Gasteiger partial charge on any atom is 0.338 e. The minimum absolute atomic E-state index is 0.363. The molecule has 0 saturated carbocycles. The number of carbonyl (C=O) groups is 1. The fourth-order valence-corrected chi connectivity index (χ4v) is 2.60. The lowest BCUT2D eigenvalue weighted by molar-refractivity contribution is 0.0596. The van der Waals surface area contributed by atoms with E-state index < -0.39 is 5.97 Å². The summed E-state index contributed by atoms with van der Waals surface area (Å²) in [6.07, 6.45) is 5.27. The maximum atomic E-state index is 13.2. The van der Waals surface area contributed by atoms with Gasteiger partial charge in [-0.15, -0.1) is 11.8 Å². The number of aromatic nitrogens is 2. The molecule has 0 unspecified atom stereocenters. The standard InChI is InChI=1S/C13H13FN2O2S/c1-18-13(17)11-3-2-10(14)8-12(11)19-7-6-16-5-4-15-9-16/h2-5,8-9H,6-7H2,1H3. The second-order valence-electron chi connectivity index (χ2n) is 3.78. The Morgan fingerprint density at radius 1 is 1.53 bits per heavy atom. The number of benzene rings is 1. The predicted molar refractivity (Wildman–Crippen MR) is 70.7 cm³/mol. The fourth-order valence-electron chi connectivity index (χ4n) is 1.57. The molecule has 0 fully saturated rings. The van der Waals surface area contributed by atoms with Gasteiger partial charge in [0, 0.05) is 29.6 Å². The van der Waals surface area contributed by atoms with Gasteiger partial charge in [0.05, 0.1) is 19.0 Å². The third-order valence-corrected chi connectivity index (χ3v) is 3.55. The number of imidazole rings is 1. The van der Waals surface area contributed by atoms with Crippen LogP contribution < -0.4 is 0 Å². The predicted octanol–water partition coefficient (Wildman–Crippen LogP) is 2.60. The minimum atomic E-state index is -0.454. The van der Waals surface area contributed by atoms with Crippen molar-refractivity contribution in [2.24, 2.45) is 0 Å². The van der Waals surface area contributed by atoms with Gasteiger partial charge in [0.1, 0.15) is 5.82 Å². The van der Waals surface area contributed by atoms with Crippen LogP contribution in [-0.4, -0.2) is 28.4 Å². The minimum Gasteiger partial charge on any atom is -0.465 e. The molecule has 1 aromatic heterocycles. The second kappa shape index (κ2) is 6.38. The Labute approximate surface area is 114 Å². The molecular formula is C13H13FN2O2S. The first-order chi connectivity index (χ1) is 9.20. The molecule has 2 rings (SSSR count). The first kappa shape index (κ1) is 13.6. The molecule has 0 spiro atoms. The van der Waals surface area contributed by atoms with Crippen molar-refractivity contribution in [2.45, 2.75) is 11.4 Å². The Morgan fingerprint density at radius 2 is 2.37 bits per heavy atom. The summed E-state index contributed by atoms with van der Waals surface area (Å²) in [6, 6.07) is 4.05. The van der Waals surface area contributed by atoms with Gasteiger partial charge in [0.2, 0.25) is 0 Å². The second-order valence-corrected chi connectivity index (χ2v) is 4.92. The number of esters is 1. The van der Waals surface area contributed by atoms with Gasteiger partial charge in [-0.3, -0.25) is 0 Å². The van der Waals surface area contributed by atoms with Crippen LogP contribution in [0, 0.1) is 5.82 Å². The van der Waals surface area contributed by atoms with Crippen molar-refractivity contribution in [2.75, 3.05) is 12.9 Å². The van der Waals surface area contributed by atoms with Gasteiger partial charge in [-0.05, 0) is 18.2 Å². The molecule has 0 atom stereocenters. The molecule has 0 bridgehead atoms. The Kier molecular flexibility index (Phi) is 4.57. The highest BCUT2D eigenvalue weighted by atomic mass is 32.2. The number of carbonyl (C=O) groups excluding carboxylic acids is 1. The Bertz CT molecular complexity index is 558. The molecule has 19 heavy (non-hydrogen) atoms. The number of rotatable bonds is 5. The molecule has 0 amide bonds. The van der Waals surface area contributed by atoms with Crippen molar-refractivity contribution >= 4 is 17.7 Å². The molecule has 0 aliphatic heterocycles. The summed E-state index contributed by atoms with van der Waals surface area (Å²) in [5, 5.41) is 0. The van der Waals surface area contributed by atoms with Crippen LogP contribution in [0.4, 0.5) is 4.39 Å². The highest BCUT2D eigenvalue weighted by Crippen LogP contribution is 2.24. The van der Waals surface area contributed by atoms with Crippen molar-refractivity contribution in [3.63, 3.8) is 0 Å². The van der Waals surface area contributed by atoms with Gasteiger partial charge in [-0.1, -0.05) is 0 Å². The van der Waals surface area contributed by atoms with Gasteiger partial charge in [-0.25, -0.2) is 14.2 Å². The topological polar surface area (TPSA) is 44.1 Å². The fraction of sp³-hybridized carbons (Fsp3) is 0.231. The van der Waals surface area contributed by atoms with Gasteiger partial charge in [0.25, 0.3) is 0 Å². The molecule has 0 aliphatic rings. The van der Waals surface area contributed by atoms with Gasteiger partial charge in [0.15, 0.2) is 0 Å². The summed E-state index contributed by atoms with van der Waals surface area (Å²) in [6.45, 7) is 0.738. The number of hydrogen-bond donors (Lipinski definition) is 0. The molecule has 100 valence electrons. The lowest BCUT2D eigenvalue weighted by atomic mass is 10.2. The third-order valence-electron chi connectivity index (χ3n) is 2.52. The van der Waals surface area contributed by atoms with E-state index in [1.54, 1.807) is 12.5 Å². The average Bonchev–Trinajstić information content (AvgIpc) is 2.91. The number of nitrogens with zero attached hydrogens (tertiary/aromatic N) is 2. The molecule has 4 nitrogen and oxygen atoms in total. The molecule has 0 aliphatic carbocycles. The maximum absolute atomic E-state index is 13.2. The summed E-state index contributed by atoms with van der Waals surface area (Å²) in [7, 11) is 1.31. The van der Waals surface area contributed by atoms with Crippen LogP contribution in [0.3, 0.4) is 0 Å². The van der Waals surface area contributed by atoms with Crippen LogP contribution in [-0.2, 0) is 11.3 Å². The number of hydrogen-bond acceptors (Lipinski definition) is 4. The number of halogens is 1. The monoisotopic (exact) mass is 280 g/mol. The normalized spacial score (nSPS) is 10.4. The highest BCUT2D eigenvalue weighted by molar-refractivity contribution is 7.99. The summed E-state index contributed by atoms with van der Waals surface area (Å²) in [4.78, 5) is 16.1. The summed E-state index contributed by atoms with van der Waals surface area (Å²) in [5.74, 6) is -0.105. The molecule has 1 heterocycles. The lowest BCUT2D eigenvalue weighted by Gasteiger charge is -2.08. The molecule has 0 saturated heterocycles. The van der Waals surface area contributed by atoms with Crippen molar-refractivity contribution < 1.29 is 13.9 Å². The lowest BCUT2D eigenvalue weighted by Crippen LogP contribution is -2.04. The smallest absolute Gasteiger partial charge is 0.338 e.